The molecule has 5 nitrogen and oxygen atoms in total. The van der Waals surface area contributed by atoms with Gasteiger partial charge in [-0.05, 0) is 29.9 Å². The molecule has 3 amide bonds. The zero-order valence-corrected chi connectivity index (χ0v) is 16.5. The van der Waals surface area contributed by atoms with Gasteiger partial charge in [-0.15, -0.1) is 11.3 Å². The number of nitrogens with one attached hydrogen (secondary N) is 1. The van der Waals surface area contributed by atoms with Crippen LogP contribution in [-0.2, 0) is 14.4 Å². The summed E-state index contributed by atoms with van der Waals surface area (Å²) in [5, 5.41) is 4.99. The van der Waals surface area contributed by atoms with Gasteiger partial charge in [0.05, 0.1) is 11.5 Å². The van der Waals surface area contributed by atoms with E-state index in [-0.39, 0.29) is 36.7 Å². The molecule has 2 fully saturated rings. The van der Waals surface area contributed by atoms with E-state index >= 15 is 0 Å². The number of hydrogen-bond donors (Lipinski definition) is 1. The van der Waals surface area contributed by atoms with Crippen LogP contribution in [0, 0.1) is 5.41 Å². The van der Waals surface area contributed by atoms with Crippen LogP contribution in [0.5, 0.6) is 0 Å². The van der Waals surface area contributed by atoms with Gasteiger partial charge in [-0.2, -0.15) is 0 Å². The SMILES string of the molecule is O=C(CN1C(=O)CC2(CCCCC2)C1=O)NC(c1ccccc1)c1cccs1. The van der Waals surface area contributed by atoms with Gasteiger partial charge < -0.3 is 5.32 Å². The molecule has 146 valence electrons. The molecule has 1 aliphatic carbocycles. The number of carbonyl (C=O) groups excluding carboxylic acids is 3. The summed E-state index contributed by atoms with van der Waals surface area (Å²) in [6.07, 6.45) is 4.85. The molecule has 1 unspecified atom stereocenters. The average Bonchev–Trinajstić information content (AvgIpc) is 3.31. The van der Waals surface area contributed by atoms with Crippen LogP contribution in [0.25, 0.3) is 0 Å². The molecule has 1 aromatic heterocycles. The third-order valence-electron chi connectivity index (χ3n) is 5.87. The predicted octanol–water partition coefficient (Wildman–Crippen LogP) is 3.66. The zero-order chi connectivity index (χ0) is 19.6. The van der Waals surface area contributed by atoms with Gasteiger partial charge in [-0.3, -0.25) is 19.3 Å². The Morgan fingerprint density at radius 2 is 1.82 bits per heavy atom. The van der Waals surface area contributed by atoms with Crippen LogP contribution >= 0.6 is 11.3 Å². The predicted molar refractivity (Wildman–Crippen MR) is 108 cm³/mol. The number of benzene rings is 1. The van der Waals surface area contributed by atoms with Gasteiger partial charge in [0.25, 0.3) is 0 Å². The van der Waals surface area contributed by atoms with Crippen LogP contribution in [0.4, 0.5) is 0 Å². The number of likely N-dealkylation sites (tertiary alicyclic amines) is 1. The Labute approximate surface area is 168 Å². The Bertz CT molecular complexity index is 857. The molecule has 2 aromatic rings. The van der Waals surface area contributed by atoms with Crippen molar-refractivity contribution >= 4 is 29.1 Å². The van der Waals surface area contributed by atoms with Crippen molar-refractivity contribution in [2.75, 3.05) is 6.54 Å². The number of nitrogens with zero attached hydrogens (tertiary/aromatic N) is 1. The summed E-state index contributed by atoms with van der Waals surface area (Å²) in [5.41, 5.74) is 0.420. The highest BCUT2D eigenvalue weighted by Gasteiger charge is 2.51. The molecule has 28 heavy (non-hydrogen) atoms. The van der Waals surface area contributed by atoms with Crippen molar-refractivity contribution in [3.8, 4) is 0 Å². The molecule has 1 atom stereocenters. The number of amides is 3. The van der Waals surface area contributed by atoms with Crippen molar-refractivity contribution < 1.29 is 14.4 Å². The van der Waals surface area contributed by atoms with E-state index in [1.165, 1.54) is 4.90 Å². The van der Waals surface area contributed by atoms with Gasteiger partial charge in [-0.25, -0.2) is 0 Å². The lowest BCUT2D eigenvalue weighted by Gasteiger charge is -2.30. The molecule has 1 saturated carbocycles. The number of carbonyl (C=O) groups is 3. The molecule has 1 aromatic carbocycles. The van der Waals surface area contributed by atoms with Crippen LogP contribution < -0.4 is 5.32 Å². The maximum absolute atomic E-state index is 12.9. The van der Waals surface area contributed by atoms with E-state index in [2.05, 4.69) is 5.32 Å². The molecular weight excluding hydrogens is 372 g/mol. The number of imide groups is 1. The Kier molecular flexibility index (Phi) is 5.31. The first kappa shape index (κ1) is 18.9. The van der Waals surface area contributed by atoms with Gasteiger partial charge in [-0.1, -0.05) is 55.7 Å². The third-order valence-corrected chi connectivity index (χ3v) is 6.80. The fraction of sp³-hybridized carbons (Fsp3) is 0.409. The first-order valence-electron chi connectivity index (χ1n) is 9.82. The highest BCUT2D eigenvalue weighted by Crippen LogP contribution is 2.45. The van der Waals surface area contributed by atoms with Gasteiger partial charge >= 0.3 is 0 Å². The Hall–Kier alpha value is -2.47. The van der Waals surface area contributed by atoms with Crippen molar-refractivity contribution in [2.24, 2.45) is 5.41 Å². The number of rotatable bonds is 5. The van der Waals surface area contributed by atoms with Crippen LogP contribution in [0.15, 0.2) is 47.8 Å². The van der Waals surface area contributed by atoms with Crippen LogP contribution in [0.3, 0.4) is 0 Å². The summed E-state index contributed by atoms with van der Waals surface area (Å²) < 4.78 is 0. The largest absolute Gasteiger partial charge is 0.343 e. The maximum Gasteiger partial charge on any atom is 0.240 e. The Morgan fingerprint density at radius 1 is 1.07 bits per heavy atom. The molecule has 2 aliphatic rings. The highest BCUT2D eigenvalue weighted by atomic mass is 32.1. The van der Waals surface area contributed by atoms with Crippen molar-refractivity contribution in [1.29, 1.82) is 0 Å². The minimum absolute atomic E-state index is 0.153. The summed E-state index contributed by atoms with van der Waals surface area (Å²) in [5.74, 6) is -0.675. The van der Waals surface area contributed by atoms with E-state index in [4.69, 9.17) is 0 Å². The van der Waals surface area contributed by atoms with Gasteiger partial charge in [0.1, 0.15) is 6.54 Å². The normalized spacial score (nSPS) is 19.8. The van der Waals surface area contributed by atoms with Crippen molar-refractivity contribution in [2.45, 2.75) is 44.6 Å². The van der Waals surface area contributed by atoms with Crippen LogP contribution in [0.1, 0.15) is 55.0 Å². The molecule has 1 spiro atoms. The first-order valence-corrected chi connectivity index (χ1v) is 10.7. The second kappa shape index (κ2) is 7.87. The monoisotopic (exact) mass is 396 g/mol. The van der Waals surface area contributed by atoms with E-state index in [1.54, 1.807) is 11.3 Å². The minimum atomic E-state index is -0.553. The number of hydrogen-bond acceptors (Lipinski definition) is 4. The smallest absolute Gasteiger partial charge is 0.240 e. The lowest BCUT2D eigenvalue weighted by molar-refractivity contribution is -0.145. The van der Waals surface area contributed by atoms with Crippen molar-refractivity contribution in [1.82, 2.24) is 10.2 Å². The molecule has 2 heterocycles. The van der Waals surface area contributed by atoms with Crippen molar-refractivity contribution in [3.63, 3.8) is 0 Å². The van der Waals surface area contributed by atoms with E-state index in [0.717, 1.165) is 42.5 Å². The van der Waals surface area contributed by atoms with Crippen molar-refractivity contribution in [3.05, 3.63) is 58.3 Å². The highest BCUT2D eigenvalue weighted by molar-refractivity contribution is 7.10. The Morgan fingerprint density at radius 3 is 2.50 bits per heavy atom. The quantitative estimate of drug-likeness (QED) is 0.785. The average molecular weight is 397 g/mol. The summed E-state index contributed by atoms with van der Waals surface area (Å²) in [6, 6.07) is 13.4. The van der Waals surface area contributed by atoms with E-state index in [1.807, 2.05) is 47.8 Å². The molecule has 0 radical (unpaired) electrons. The minimum Gasteiger partial charge on any atom is -0.343 e. The maximum atomic E-state index is 12.9. The van der Waals surface area contributed by atoms with Gasteiger partial charge in [0.15, 0.2) is 0 Å². The lowest BCUT2D eigenvalue weighted by atomic mass is 9.73. The molecular formula is C22H24N2O3S. The molecule has 1 saturated heterocycles. The second-order valence-corrected chi connectivity index (χ2v) is 8.71. The summed E-state index contributed by atoms with van der Waals surface area (Å²) >= 11 is 1.57. The van der Waals surface area contributed by atoms with Gasteiger partial charge in [0, 0.05) is 11.3 Å². The van der Waals surface area contributed by atoms with E-state index < -0.39 is 5.41 Å². The summed E-state index contributed by atoms with van der Waals surface area (Å²) in [7, 11) is 0. The second-order valence-electron chi connectivity index (χ2n) is 7.73. The molecule has 4 rings (SSSR count). The fourth-order valence-electron chi connectivity index (χ4n) is 4.41. The lowest BCUT2D eigenvalue weighted by Crippen LogP contribution is -2.43. The fourth-order valence-corrected chi connectivity index (χ4v) is 5.21. The number of thiophene rings is 1. The van der Waals surface area contributed by atoms with Crippen LogP contribution in [0.2, 0.25) is 0 Å². The topological polar surface area (TPSA) is 66.5 Å². The van der Waals surface area contributed by atoms with E-state index in [0.29, 0.717) is 0 Å². The molecule has 1 aliphatic heterocycles. The summed E-state index contributed by atoms with van der Waals surface area (Å²) in [6.45, 7) is -0.200. The van der Waals surface area contributed by atoms with E-state index in [9.17, 15) is 14.4 Å². The summed E-state index contributed by atoms with van der Waals surface area (Å²) in [4.78, 5) is 40.4. The molecule has 1 N–H and O–H groups in total. The zero-order valence-electron chi connectivity index (χ0n) is 15.7. The third kappa shape index (κ3) is 3.61. The Balaban J connectivity index is 1.48. The van der Waals surface area contributed by atoms with Crippen LogP contribution in [-0.4, -0.2) is 29.2 Å². The molecule has 6 heteroatoms. The first-order chi connectivity index (χ1) is 13.6. The molecule has 0 bridgehead atoms. The van der Waals surface area contributed by atoms with Gasteiger partial charge in [0.2, 0.25) is 17.7 Å². The standard InChI is InChI=1S/C22H24N2O3S/c25-18(15-24-19(26)14-22(21(24)27)11-5-2-6-12-22)23-20(17-10-7-13-28-17)16-8-3-1-4-9-16/h1,3-4,7-10,13,20H,2,5-6,11-12,14-15H2,(H,23,25).